The molecule has 0 spiro atoms. The molecule has 196 valence electrons. The maximum atomic E-state index is 12.8. The van der Waals surface area contributed by atoms with Gasteiger partial charge in [-0.25, -0.2) is 14.8 Å². The summed E-state index contributed by atoms with van der Waals surface area (Å²) in [6.45, 7) is 2.06. The van der Waals surface area contributed by atoms with Gasteiger partial charge in [0.1, 0.15) is 11.4 Å². The fourth-order valence-corrected chi connectivity index (χ4v) is 4.72. The molecule has 0 saturated carbocycles. The Labute approximate surface area is 228 Å². The number of rotatable bonds is 6. The summed E-state index contributed by atoms with van der Waals surface area (Å²) in [5.74, 6) is 0.216. The number of furan rings is 2. The molecule has 0 atom stereocenters. The first-order valence-electron chi connectivity index (χ1n) is 12.4. The van der Waals surface area contributed by atoms with E-state index in [1.807, 2.05) is 24.3 Å². The molecule has 39 heavy (non-hydrogen) atoms. The molecule has 4 heterocycles. The first kappa shape index (κ1) is 24.7. The Morgan fingerprint density at radius 3 is 2.15 bits per heavy atom. The number of benzene rings is 2. The fourth-order valence-electron chi connectivity index (χ4n) is 4.54. The van der Waals surface area contributed by atoms with Crippen LogP contribution >= 0.6 is 11.6 Å². The van der Waals surface area contributed by atoms with E-state index in [4.69, 9.17) is 35.1 Å². The highest BCUT2D eigenvalue weighted by Gasteiger charge is 2.23. The van der Waals surface area contributed by atoms with E-state index in [9.17, 15) is 9.59 Å². The maximum Gasteiger partial charge on any atom is 0.338 e. The van der Waals surface area contributed by atoms with Gasteiger partial charge >= 0.3 is 5.97 Å². The molecule has 1 amide bonds. The van der Waals surface area contributed by atoms with Crippen LogP contribution in [0.15, 0.2) is 88.1 Å². The molecule has 1 fully saturated rings. The Hall–Kier alpha value is -4.63. The highest BCUT2D eigenvalue weighted by molar-refractivity contribution is 6.30. The van der Waals surface area contributed by atoms with E-state index >= 15 is 0 Å². The number of halogens is 1. The first-order valence-corrected chi connectivity index (χ1v) is 12.8. The minimum Gasteiger partial charge on any atom is -0.463 e. The van der Waals surface area contributed by atoms with Gasteiger partial charge in [-0.2, -0.15) is 0 Å². The SMILES string of the molecule is O=C(OCC(=O)N1CCN(c2cccc(Cl)c2)CC1)c1ccc2nc(-c3ccco3)c(-c3ccco3)nc2c1. The van der Waals surface area contributed by atoms with Crippen molar-refractivity contribution in [3.63, 3.8) is 0 Å². The summed E-state index contributed by atoms with van der Waals surface area (Å²) in [5, 5.41) is 0.674. The second kappa shape index (κ2) is 10.6. The number of piperazine rings is 1. The highest BCUT2D eigenvalue weighted by atomic mass is 35.5. The molecule has 1 aliphatic heterocycles. The number of esters is 1. The van der Waals surface area contributed by atoms with Crippen molar-refractivity contribution in [1.82, 2.24) is 14.9 Å². The van der Waals surface area contributed by atoms with Gasteiger partial charge in [0.2, 0.25) is 0 Å². The van der Waals surface area contributed by atoms with E-state index in [-0.39, 0.29) is 18.1 Å². The molecule has 0 bridgehead atoms. The van der Waals surface area contributed by atoms with E-state index in [2.05, 4.69) is 4.90 Å². The number of amides is 1. The van der Waals surface area contributed by atoms with Crippen molar-refractivity contribution < 1.29 is 23.2 Å². The van der Waals surface area contributed by atoms with Crippen LogP contribution in [0.2, 0.25) is 5.02 Å². The lowest BCUT2D eigenvalue weighted by Gasteiger charge is -2.36. The number of hydrogen-bond acceptors (Lipinski definition) is 8. The summed E-state index contributed by atoms with van der Waals surface area (Å²) in [6.07, 6.45) is 3.11. The van der Waals surface area contributed by atoms with Gasteiger partial charge in [0.15, 0.2) is 18.1 Å². The molecule has 0 N–H and O–H groups in total. The number of fused-ring (bicyclic) bond motifs is 1. The van der Waals surface area contributed by atoms with Gasteiger partial charge in [-0.1, -0.05) is 17.7 Å². The van der Waals surface area contributed by atoms with Crippen LogP contribution in [0.1, 0.15) is 10.4 Å². The number of carbonyl (C=O) groups is 2. The molecule has 10 heteroatoms. The van der Waals surface area contributed by atoms with Crippen LogP contribution in [0, 0.1) is 0 Å². The average molecular weight is 543 g/mol. The maximum absolute atomic E-state index is 12.8. The van der Waals surface area contributed by atoms with Gasteiger partial charge in [-0.3, -0.25) is 4.79 Å². The van der Waals surface area contributed by atoms with Crippen molar-refractivity contribution in [2.45, 2.75) is 0 Å². The lowest BCUT2D eigenvalue weighted by atomic mass is 10.1. The Bertz CT molecular complexity index is 1630. The van der Waals surface area contributed by atoms with Crippen LogP contribution < -0.4 is 4.90 Å². The topological polar surface area (TPSA) is 102 Å². The van der Waals surface area contributed by atoms with Crippen LogP contribution in [-0.4, -0.2) is 59.5 Å². The predicted molar refractivity (Wildman–Crippen MR) is 145 cm³/mol. The number of ether oxygens (including phenoxy) is 1. The summed E-state index contributed by atoms with van der Waals surface area (Å²) in [5.41, 5.74) is 3.36. The van der Waals surface area contributed by atoms with Gasteiger partial charge in [0.25, 0.3) is 5.91 Å². The Balaban J connectivity index is 1.13. The smallest absolute Gasteiger partial charge is 0.338 e. The van der Waals surface area contributed by atoms with Crippen LogP contribution in [0.5, 0.6) is 0 Å². The summed E-state index contributed by atoms with van der Waals surface area (Å²) in [4.78, 5) is 38.8. The molecule has 5 aromatic rings. The Morgan fingerprint density at radius 2 is 1.51 bits per heavy atom. The zero-order valence-electron chi connectivity index (χ0n) is 20.7. The first-order chi connectivity index (χ1) is 19.0. The molecule has 9 nitrogen and oxygen atoms in total. The molecule has 2 aromatic carbocycles. The van der Waals surface area contributed by atoms with Crippen molar-refractivity contribution in [2.75, 3.05) is 37.7 Å². The highest BCUT2D eigenvalue weighted by Crippen LogP contribution is 2.31. The lowest BCUT2D eigenvalue weighted by Crippen LogP contribution is -2.49. The standard InChI is InChI=1S/C29H23ClN4O5/c30-20-4-1-5-21(17-20)33-10-12-34(13-11-33)26(35)18-39-29(36)19-8-9-22-23(16-19)32-28(25-7-3-15-38-25)27(31-22)24-6-2-14-37-24/h1-9,14-17H,10-13,18H2. The lowest BCUT2D eigenvalue weighted by molar-refractivity contribution is -0.134. The third-order valence-electron chi connectivity index (χ3n) is 6.54. The summed E-state index contributed by atoms with van der Waals surface area (Å²) in [7, 11) is 0. The molecule has 1 saturated heterocycles. The van der Waals surface area contributed by atoms with Crippen LogP contribution in [0.25, 0.3) is 33.9 Å². The normalized spacial score (nSPS) is 13.6. The van der Waals surface area contributed by atoms with Gasteiger partial charge in [0, 0.05) is 36.9 Å². The van der Waals surface area contributed by atoms with Crippen molar-refractivity contribution in [3.8, 4) is 22.9 Å². The van der Waals surface area contributed by atoms with E-state index in [1.165, 1.54) is 0 Å². The largest absolute Gasteiger partial charge is 0.463 e. The Morgan fingerprint density at radius 1 is 0.821 bits per heavy atom. The molecule has 1 aliphatic rings. The van der Waals surface area contributed by atoms with Gasteiger partial charge in [-0.05, 0) is 60.7 Å². The Kier molecular flexibility index (Phi) is 6.73. The number of carbonyl (C=O) groups excluding carboxylic acids is 2. The third kappa shape index (κ3) is 5.21. The number of aromatic nitrogens is 2. The number of anilines is 1. The zero-order valence-corrected chi connectivity index (χ0v) is 21.5. The van der Waals surface area contributed by atoms with Gasteiger partial charge in [-0.15, -0.1) is 0 Å². The molecule has 3 aromatic heterocycles. The van der Waals surface area contributed by atoms with Gasteiger partial charge in [0.05, 0.1) is 29.1 Å². The van der Waals surface area contributed by atoms with Crippen molar-refractivity contribution >= 4 is 40.2 Å². The van der Waals surface area contributed by atoms with E-state index in [0.717, 1.165) is 5.69 Å². The van der Waals surface area contributed by atoms with Crippen LogP contribution in [0.4, 0.5) is 5.69 Å². The number of hydrogen-bond donors (Lipinski definition) is 0. The molecule has 6 rings (SSSR count). The zero-order chi connectivity index (χ0) is 26.8. The van der Waals surface area contributed by atoms with Crippen LogP contribution in [0.3, 0.4) is 0 Å². The van der Waals surface area contributed by atoms with Gasteiger partial charge < -0.3 is 23.4 Å². The molecular weight excluding hydrogens is 520 g/mol. The quantitative estimate of drug-likeness (QED) is 0.266. The monoisotopic (exact) mass is 542 g/mol. The third-order valence-corrected chi connectivity index (χ3v) is 6.78. The minimum atomic E-state index is -0.612. The van der Waals surface area contributed by atoms with E-state index in [0.29, 0.717) is 65.1 Å². The second-order valence-electron chi connectivity index (χ2n) is 9.00. The van der Waals surface area contributed by atoms with E-state index < -0.39 is 5.97 Å². The van der Waals surface area contributed by atoms with Crippen molar-refractivity contribution in [1.29, 1.82) is 0 Å². The fraction of sp³-hybridized carbons (Fsp3) is 0.172. The molecular formula is C29H23ClN4O5. The number of nitrogens with zero attached hydrogens (tertiary/aromatic N) is 4. The molecule has 0 unspecified atom stereocenters. The predicted octanol–water partition coefficient (Wildman–Crippen LogP) is 5.31. The minimum absolute atomic E-state index is 0.238. The molecule has 0 aliphatic carbocycles. The average Bonchev–Trinajstić information content (AvgIpc) is 3.70. The van der Waals surface area contributed by atoms with Crippen LogP contribution in [-0.2, 0) is 9.53 Å². The van der Waals surface area contributed by atoms with Crippen molar-refractivity contribution in [2.24, 2.45) is 0 Å². The summed E-state index contributed by atoms with van der Waals surface area (Å²) >= 11 is 6.10. The summed E-state index contributed by atoms with van der Waals surface area (Å²) < 4.78 is 16.5. The second-order valence-corrected chi connectivity index (χ2v) is 9.44. The van der Waals surface area contributed by atoms with Crippen molar-refractivity contribution in [3.05, 3.63) is 89.8 Å². The molecule has 0 radical (unpaired) electrons. The van der Waals surface area contributed by atoms with E-state index in [1.54, 1.807) is 59.9 Å². The summed E-state index contributed by atoms with van der Waals surface area (Å²) in [6, 6.07) is 19.6.